The van der Waals surface area contributed by atoms with E-state index in [0.717, 1.165) is 12.0 Å². The molecule has 0 saturated heterocycles. The molecule has 2 N–H and O–H groups in total. The second kappa shape index (κ2) is 9.37. The van der Waals surface area contributed by atoms with Crippen LogP contribution in [-0.2, 0) is 17.9 Å². The Hall–Kier alpha value is -2.86. The normalized spacial score (nSPS) is 10.9. The van der Waals surface area contributed by atoms with Crippen LogP contribution in [0.25, 0.3) is 10.9 Å². The van der Waals surface area contributed by atoms with Gasteiger partial charge in [0.2, 0.25) is 5.91 Å². The Labute approximate surface area is 167 Å². The van der Waals surface area contributed by atoms with Crippen molar-refractivity contribution in [3.63, 3.8) is 0 Å². The highest BCUT2D eigenvalue weighted by Crippen LogP contribution is 2.09. The molecule has 3 rings (SSSR count). The van der Waals surface area contributed by atoms with Crippen molar-refractivity contribution in [1.82, 2.24) is 14.9 Å². The van der Waals surface area contributed by atoms with E-state index >= 15 is 0 Å². The lowest BCUT2D eigenvalue weighted by atomic mass is 10.1. The second-order valence-corrected chi connectivity index (χ2v) is 7.08. The summed E-state index contributed by atoms with van der Waals surface area (Å²) in [4.78, 5) is 39.2. The van der Waals surface area contributed by atoms with Crippen LogP contribution < -0.4 is 16.6 Å². The molecule has 0 aliphatic carbocycles. The molecule has 0 radical (unpaired) electrons. The minimum Gasteiger partial charge on any atom is -0.352 e. The van der Waals surface area contributed by atoms with Crippen molar-refractivity contribution in [2.24, 2.45) is 0 Å². The lowest BCUT2D eigenvalue weighted by Gasteiger charge is -2.07. The quantitative estimate of drug-likeness (QED) is 0.570. The predicted octanol–water partition coefficient (Wildman–Crippen LogP) is 3.22. The van der Waals surface area contributed by atoms with Crippen molar-refractivity contribution in [2.45, 2.75) is 38.8 Å². The molecular weight excluding hydrogens is 378 g/mol. The third-order valence-electron chi connectivity index (χ3n) is 4.58. The van der Waals surface area contributed by atoms with Crippen LogP contribution >= 0.6 is 11.6 Å². The van der Waals surface area contributed by atoms with E-state index in [0.29, 0.717) is 48.3 Å². The molecule has 3 aromatic rings. The van der Waals surface area contributed by atoms with Gasteiger partial charge in [0.15, 0.2) is 0 Å². The molecule has 0 aliphatic rings. The average molecular weight is 400 g/mol. The Morgan fingerprint density at radius 3 is 2.54 bits per heavy atom. The first-order chi connectivity index (χ1) is 13.5. The lowest BCUT2D eigenvalue weighted by Crippen LogP contribution is -2.35. The van der Waals surface area contributed by atoms with Gasteiger partial charge in [-0.25, -0.2) is 4.79 Å². The molecule has 0 bridgehead atoms. The number of carbonyl (C=O) groups excluding carboxylic acids is 1. The fourth-order valence-corrected chi connectivity index (χ4v) is 3.15. The maximum absolute atomic E-state index is 12.4. The topological polar surface area (TPSA) is 84.0 Å². The number of para-hydroxylation sites is 1. The minimum atomic E-state index is -0.399. The Morgan fingerprint density at radius 2 is 1.75 bits per heavy atom. The molecule has 146 valence electrons. The highest BCUT2D eigenvalue weighted by Gasteiger charge is 2.07. The molecule has 6 nitrogen and oxygen atoms in total. The van der Waals surface area contributed by atoms with E-state index in [2.05, 4.69) is 10.3 Å². The number of fused-ring (bicyclic) bond motifs is 1. The van der Waals surface area contributed by atoms with Crippen LogP contribution in [0.2, 0.25) is 5.02 Å². The van der Waals surface area contributed by atoms with Gasteiger partial charge in [-0.05, 0) is 42.7 Å². The van der Waals surface area contributed by atoms with Gasteiger partial charge in [0.25, 0.3) is 5.56 Å². The number of nitrogens with one attached hydrogen (secondary N) is 2. The van der Waals surface area contributed by atoms with Gasteiger partial charge in [0, 0.05) is 24.5 Å². The Morgan fingerprint density at radius 1 is 1.00 bits per heavy atom. The Bertz CT molecular complexity index is 1070. The van der Waals surface area contributed by atoms with Crippen LogP contribution in [0, 0.1) is 0 Å². The number of aromatic amines is 1. The van der Waals surface area contributed by atoms with Crippen molar-refractivity contribution >= 4 is 28.4 Å². The van der Waals surface area contributed by atoms with Crippen LogP contribution in [0.3, 0.4) is 0 Å². The summed E-state index contributed by atoms with van der Waals surface area (Å²) in [5, 5.41) is 4.04. The molecule has 0 atom stereocenters. The van der Waals surface area contributed by atoms with Gasteiger partial charge in [0.1, 0.15) is 0 Å². The Kier molecular flexibility index (Phi) is 6.66. The molecule has 0 fully saturated rings. The van der Waals surface area contributed by atoms with Crippen molar-refractivity contribution in [3.05, 3.63) is 80.0 Å². The third kappa shape index (κ3) is 5.10. The standard InChI is InChI=1S/C21H22ClN3O3/c22-16-11-9-15(10-12-16)14-23-19(26)8-2-1-5-13-25-20(27)17-6-3-4-7-18(17)24-21(25)28/h3-4,6-7,9-12H,1-2,5,8,13-14H2,(H,23,26)(H,24,28). The summed E-state index contributed by atoms with van der Waals surface area (Å²) >= 11 is 5.83. The van der Waals surface area contributed by atoms with Gasteiger partial charge in [-0.15, -0.1) is 0 Å². The third-order valence-corrected chi connectivity index (χ3v) is 4.83. The molecule has 7 heteroatoms. The van der Waals surface area contributed by atoms with E-state index in [9.17, 15) is 14.4 Å². The molecule has 0 unspecified atom stereocenters. The summed E-state index contributed by atoms with van der Waals surface area (Å²) in [6.45, 7) is 0.809. The Balaban J connectivity index is 1.43. The van der Waals surface area contributed by atoms with Crippen LogP contribution in [0.1, 0.15) is 31.2 Å². The molecule has 1 amide bonds. The first kappa shape index (κ1) is 19.9. The monoisotopic (exact) mass is 399 g/mol. The fraction of sp³-hybridized carbons (Fsp3) is 0.286. The fourth-order valence-electron chi connectivity index (χ4n) is 3.03. The van der Waals surface area contributed by atoms with Crippen LogP contribution in [-0.4, -0.2) is 15.5 Å². The average Bonchev–Trinajstić information content (AvgIpc) is 2.69. The van der Waals surface area contributed by atoms with Gasteiger partial charge >= 0.3 is 5.69 Å². The van der Waals surface area contributed by atoms with Crippen LogP contribution in [0.15, 0.2) is 58.1 Å². The molecular formula is C21H22ClN3O3. The highest BCUT2D eigenvalue weighted by atomic mass is 35.5. The first-order valence-electron chi connectivity index (χ1n) is 9.27. The van der Waals surface area contributed by atoms with Gasteiger partial charge in [-0.2, -0.15) is 0 Å². The zero-order valence-electron chi connectivity index (χ0n) is 15.4. The number of H-pyrrole nitrogens is 1. The molecule has 1 heterocycles. The molecule has 28 heavy (non-hydrogen) atoms. The maximum atomic E-state index is 12.4. The number of carbonyl (C=O) groups is 1. The molecule has 0 saturated carbocycles. The van der Waals surface area contributed by atoms with Crippen LogP contribution in [0.5, 0.6) is 0 Å². The number of aromatic nitrogens is 2. The van der Waals surface area contributed by atoms with Crippen molar-refractivity contribution < 1.29 is 4.79 Å². The summed E-state index contributed by atoms with van der Waals surface area (Å²) in [5.41, 5.74) is 0.864. The van der Waals surface area contributed by atoms with Crippen molar-refractivity contribution in [2.75, 3.05) is 0 Å². The van der Waals surface area contributed by atoms with E-state index in [-0.39, 0.29) is 11.5 Å². The predicted molar refractivity (Wildman–Crippen MR) is 111 cm³/mol. The minimum absolute atomic E-state index is 0.0179. The zero-order valence-corrected chi connectivity index (χ0v) is 16.2. The number of rotatable bonds is 8. The highest BCUT2D eigenvalue weighted by molar-refractivity contribution is 6.30. The number of halogens is 1. The summed E-state index contributed by atoms with van der Waals surface area (Å²) < 4.78 is 1.23. The summed E-state index contributed by atoms with van der Waals surface area (Å²) in [6, 6.07) is 14.3. The van der Waals surface area contributed by atoms with Crippen LogP contribution in [0.4, 0.5) is 0 Å². The second-order valence-electron chi connectivity index (χ2n) is 6.65. The number of hydrogen-bond acceptors (Lipinski definition) is 3. The molecule has 0 aliphatic heterocycles. The van der Waals surface area contributed by atoms with E-state index in [1.165, 1.54) is 4.57 Å². The van der Waals surface area contributed by atoms with Gasteiger partial charge in [-0.3, -0.25) is 14.2 Å². The number of amides is 1. The summed E-state index contributed by atoms with van der Waals surface area (Å²) in [6.07, 6.45) is 2.53. The summed E-state index contributed by atoms with van der Waals surface area (Å²) in [5.74, 6) is -0.0179. The summed E-state index contributed by atoms with van der Waals surface area (Å²) in [7, 11) is 0. The lowest BCUT2D eigenvalue weighted by molar-refractivity contribution is -0.121. The first-order valence-corrected chi connectivity index (χ1v) is 9.65. The number of nitrogens with zero attached hydrogens (tertiary/aromatic N) is 1. The largest absolute Gasteiger partial charge is 0.352 e. The number of unbranched alkanes of at least 4 members (excludes halogenated alkanes) is 2. The van der Waals surface area contributed by atoms with E-state index < -0.39 is 5.69 Å². The number of benzene rings is 2. The van der Waals surface area contributed by atoms with E-state index in [4.69, 9.17) is 11.6 Å². The smallest absolute Gasteiger partial charge is 0.328 e. The number of hydrogen-bond donors (Lipinski definition) is 2. The van der Waals surface area contributed by atoms with E-state index in [1.54, 1.807) is 36.4 Å². The SMILES string of the molecule is O=C(CCCCCn1c(=O)[nH]c2ccccc2c1=O)NCc1ccc(Cl)cc1. The molecule has 1 aromatic heterocycles. The van der Waals surface area contributed by atoms with E-state index in [1.807, 2.05) is 12.1 Å². The maximum Gasteiger partial charge on any atom is 0.328 e. The van der Waals surface area contributed by atoms with Gasteiger partial charge in [0.05, 0.1) is 10.9 Å². The van der Waals surface area contributed by atoms with Gasteiger partial charge < -0.3 is 10.3 Å². The molecule has 2 aromatic carbocycles. The zero-order chi connectivity index (χ0) is 19.9. The van der Waals surface area contributed by atoms with Crippen molar-refractivity contribution in [3.8, 4) is 0 Å². The van der Waals surface area contributed by atoms with Gasteiger partial charge in [-0.1, -0.05) is 42.3 Å². The van der Waals surface area contributed by atoms with Crippen molar-refractivity contribution in [1.29, 1.82) is 0 Å². The molecule has 0 spiro atoms.